The van der Waals surface area contributed by atoms with Crippen molar-refractivity contribution in [1.82, 2.24) is 0 Å². The number of rotatable bonds is 10. The zero-order valence-corrected chi connectivity index (χ0v) is 17.1. The van der Waals surface area contributed by atoms with Gasteiger partial charge in [-0.25, -0.2) is 8.42 Å². The molecular formula is C11H2F21LiO3S. The van der Waals surface area contributed by atoms with E-state index in [0.29, 0.717) is 0 Å². The molecule has 0 aromatic rings. The van der Waals surface area contributed by atoms with Gasteiger partial charge in [0.1, 0.15) is 15.9 Å². The molecule has 0 saturated heterocycles. The van der Waals surface area contributed by atoms with E-state index in [1.807, 2.05) is 0 Å². The largest absolute Gasteiger partial charge is 1.00 e. The maximum absolute atomic E-state index is 13.4. The van der Waals surface area contributed by atoms with Crippen LogP contribution in [0.15, 0.2) is 0 Å². The zero-order valence-electron chi connectivity index (χ0n) is 16.3. The van der Waals surface area contributed by atoms with E-state index in [9.17, 15) is 105 Å². The van der Waals surface area contributed by atoms with Crippen molar-refractivity contribution >= 4 is 10.1 Å². The molecule has 0 N–H and O–H groups in total. The van der Waals surface area contributed by atoms with Crippen molar-refractivity contribution in [3.63, 3.8) is 0 Å². The summed E-state index contributed by atoms with van der Waals surface area (Å²) < 4.78 is 302. The Hall–Kier alpha value is -0.963. The molecule has 0 aliphatic heterocycles. The number of hydrogen-bond acceptors (Lipinski definition) is 3. The minimum absolute atomic E-state index is 0. The van der Waals surface area contributed by atoms with Crippen molar-refractivity contribution in [3.8, 4) is 0 Å². The van der Waals surface area contributed by atoms with Gasteiger partial charge in [0.05, 0.1) is 0 Å². The Morgan fingerprint density at radius 2 is 0.595 bits per heavy atom. The van der Waals surface area contributed by atoms with E-state index in [1.54, 1.807) is 0 Å². The molecule has 0 spiro atoms. The van der Waals surface area contributed by atoms with Crippen LogP contribution in [0.5, 0.6) is 0 Å². The first-order valence-corrected chi connectivity index (χ1v) is 8.94. The third-order valence-corrected chi connectivity index (χ3v) is 4.65. The second-order valence-electron chi connectivity index (χ2n) is 6.50. The van der Waals surface area contributed by atoms with Crippen molar-refractivity contribution in [3.05, 3.63) is 0 Å². The molecule has 37 heavy (non-hydrogen) atoms. The molecule has 3 nitrogen and oxygen atoms in total. The van der Waals surface area contributed by atoms with E-state index >= 15 is 0 Å². The van der Waals surface area contributed by atoms with Crippen LogP contribution in [0.3, 0.4) is 0 Å². The normalized spacial score (nSPS) is 16.5. The monoisotopic (exact) mass is 620 g/mol. The fourth-order valence-corrected chi connectivity index (χ4v) is 2.53. The van der Waals surface area contributed by atoms with Gasteiger partial charge < -0.3 is 4.55 Å². The number of hydrogen-bond donors (Lipinski definition) is 0. The van der Waals surface area contributed by atoms with E-state index in [-0.39, 0.29) is 18.9 Å². The first-order chi connectivity index (χ1) is 15.0. The Kier molecular flexibility index (Phi) is 9.61. The first kappa shape index (κ1) is 38.2. The SMILES string of the molecule is O=S(=O)([O-])CC(F)(F)C(F)(F)C(F)(F)C(F)(F)C(F)(F)C(F)(F)C(F)(F)C(F)(F)C(F)(F)C(F)(F)F.[Li+]. The van der Waals surface area contributed by atoms with Crippen LogP contribution in [-0.4, -0.2) is 78.2 Å². The van der Waals surface area contributed by atoms with Crippen molar-refractivity contribution < 1.29 is 124 Å². The van der Waals surface area contributed by atoms with Crippen molar-refractivity contribution in [1.29, 1.82) is 0 Å². The van der Waals surface area contributed by atoms with Crippen molar-refractivity contribution in [2.24, 2.45) is 0 Å². The van der Waals surface area contributed by atoms with Gasteiger partial charge in [-0.1, -0.05) is 0 Å². The maximum atomic E-state index is 13.4. The first-order valence-electron chi connectivity index (χ1n) is 7.36. The maximum Gasteiger partial charge on any atom is 1.00 e. The van der Waals surface area contributed by atoms with Crippen LogP contribution in [0.2, 0.25) is 0 Å². The zero-order chi connectivity index (χ0) is 30.2. The molecule has 0 atom stereocenters. The fourth-order valence-electron chi connectivity index (χ4n) is 1.90. The summed E-state index contributed by atoms with van der Waals surface area (Å²) in [5, 5.41) is 0. The number of alkyl halides is 21. The van der Waals surface area contributed by atoms with Crippen LogP contribution in [0.25, 0.3) is 0 Å². The summed E-state index contributed by atoms with van der Waals surface area (Å²) in [6, 6.07) is 0. The summed E-state index contributed by atoms with van der Waals surface area (Å²) in [5.74, 6) is -83.6. The second kappa shape index (κ2) is 9.31. The van der Waals surface area contributed by atoms with Gasteiger partial charge in [-0.2, -0.15) is 92.2 Å². The van der Waals surface area contributed by atoms with Gasteiger partial charge in [0, 0.05) is 0 Å². The Balaban J connectivity index is 0. The topological polar surface area (TPSA) is 57.2 Å². The van der Waals surface area contributed by atoms with E-state index < -0.39 is 75.4 Å². The van der Waals surface area contributed by atoms with E-state index in [2.05, 4.69) is 0 Å². The quantitative estimate of drug-likeness (QED) is 0.215. The Morgan fingerprint density at radius 1 is 0.405 bits per heavy atom. The Labute approximate surface area is 200 Å². The predicted molar refractivity (Wildman–Crippen MR) is 65.1 cm³/mol. The van der Waals surface area contributed by atoms with E-state index in [4.69, 9.17) is 0 Å². The molecule has 0 aromatic heterocycles. The van der Waals surface area contributed by atoms with E-state index in [1.165, 1.54) is 0 Å². The average molecular weight is 620 g/mol. The molecule has 0 aromatic carbocycles. The molecule has 0 amide bonds. The van der Waals surface area contributed by atoms with Gasteiger partial charge in [0.2, 0.25) is 0 Å². The van der Waals surface area contributed by atoms with Crippen LogP contribution in [0, 0.1) is 0 Å². The van der Waals surface area contributed by atoms with Crippen LogP contribution < -0.4 is 18.9 Å². The van der Waals surface area contributed by atoms with Gasteiger partial charge >= 0.3 is 78.3 Å². The van der Waals surface area contributed by atoms with Crippen LogP contribution in [-0.2, 0) is 10.1 Å². The molecule has 0 bridgehead atoms. The predicted octanol–water partition coefficient (Wildman–Crippen LogP) is 2.82. The Morgan fingerprint density at radius 3 is 0.784 bits per heavy atom. The molecule has 0 rings (SSSR count). The summed E-state index contributed by atoms with van der Waals surface area (Å²) >= 11 is 0. The smallest absolute Gasteiger partial charge is 0.748 e. The van der Waals surface area contributed by atoms with Gasteiger partial charge in [-0.15, -0.1) is 0 Å². The second-order valence-corrected chi connectivity index (χ2v) is 7.90. The molecular weight excluding hydrogens is 618 g/mol. The van der Waals surface area contributed by atoms with Gasteiger partial charge in [-0.05, 0) is 0 Å². The molecule has 0 radical (unpaired) electrons. The molecule has 26 heteroatoms. The molecule has 0 aliphatic carbocycles. The van der Waals surface area contributed by atoms with Crippen molar-refractivity contribution in [2.75, 3.05) is 5.75 Å². The average Bonchev–Trinajstić information content (AvgIpc) is 2.57. The third-order valence-electron chi connectivity index (χ3n) is 3.93. The molecule has 0 saturated carbocycles. The standard InChI is InChI=1S/C11H3F21O3S.Li/c12-2(13,1-36(33,34)35)3(14,15)4(16,17)5(18,19)6(20,21)7(22,23)8(24,25)9(26,27)10(28,29)11(30,31)32;/h1H2,(H,33,34,35);/q;+1/p-1. The molecule has 0 fully saturated rings. The van der Waals surface area contributed by atoms with Crippen molar-refractivity contribution in [2.45, 2.75) is 59.5 Å². The van der Waals surface area contributed by atoms with E-state index in [0.717, 1.165) is 0 Å². The number of halogens is 21. The van der Waals surface area contributed by atoms with Crippen LogP contribution in [0.1, 0.15) is 0 Å². The van der Waals surface area contributed by atoms with Crippen LogP contribution in [0.4, 0.5) is 92.2 Å². The molecule has 0 heterocycles. The summed E-state index contributed by atoms with van der Waals surface area (Å²) in [4.78, 5) is 0. The molecule has 0 unspecified atom stereocenters. The summed E-state index contributed by atoms with van der Waals surface area (Å²) in [7, 11) is -6.91. The molecule has 0 aliphatic rings. The van der Waals surface area contributed by atoms with Gasteiger partial charge in [-0.3, -0.25) is 0 Å². The van der Waals surface area contributed by atoms with Gasteiger partial charge in [0.25, 0.3) is 0 Å². The van der Waals surface area contributed by atoms with Gasteiger partial charge in [0.15, 0.2) is 0 Å². The summed E-state index contributed by atoms with van der Waals surface area (Å²) in [6.07, 6.45) is -8.07. The third kappa shape index (κ3) is 5.17. The van der Waals surface area contributed by atoms with Crippen LogP contribution >= 0.6 is 0 Å². The Bertz CT molecular complexity index is 936. The minimum Gasteiger partial charge on any atom is -0.748 e. The summed E-state index contributed by atoms with van der Waals surface area (Å²) in [6.45, 7) is 0. The minimum atomic E-state index is -9.33. The summed E-state index contributed by atoms with van der Waals surface area (Å²) in [5.41, 5.74) is 0. The molecule has 218 valence electrons. The fraction of sp³-hybridized carbons (Fsp3) is 1.00.